The van der Waals surface area contributed by atoms with E-state index in [-0.39, 0.29) is 0 Å². The molecule has 2 aliphatic carbocycles. The molecule has 0 bridgehead atoms. The number of rotatable bonds is 3. The molecule has 0 nitrogen and oxygen atoms in total. The molecule has 0 aromatic heterocycles. The molecular formula is C55H34. The van der Waals surface area contributed by atoms with Crippen LogP contribution < -0.4 is 0 Å². The second-order valence-corrected chi connectivity index (χ2v) is 15.2. The van der Waals surface area contributed by atoms with Crippen LogP contribution in [-0.4, -0.2) is 0 Å². The molecule has 0 heterocycles. The average molecular weight is 695 g/mol. The monoisotopic (exact) mass is 694 g/mol. The first-order valence-corrected chi connectivity index (χ1v) is 19.3. The summed E-state index contributed by atoms with van der Waals surface area (Å²) >= 11 is 0. The molecule has 0 aliphatic heterocycles. The lowest BCUT2D eigenvalue weighted by Crippen LogP contribution is -2.25. The van der Waals surface area contributed by atoms with Crippen molar-refractivity contribution in [1.82, 2.24) is 0 Å². The van der Waals surface area contributed by atoms with Gasteiger partial charge in [-0.15, -0.1) is 0 Å². The molecule has 0 saturated heterocycles. The third-order valence-corrected chi connectivity index (χ3v) is 12.5. The fourth-order valence-electron chi connectivity index (χ4n) is 10.1. The summed E-state index contributed by atoms with van der Waals surface area (Å²) < 4.78 is 0. The van der Waals surface area contributed by atoms with E-state index in [2.05, 4.69) is 206 Å². The van der Waals surface area contributed by atoms with E-state index in [4.69, 9.17) is 0 Å². The fourth-order valence-corrected chi connectivity index (χ4v) is 10.1. The molecule has 0 saturated carbocycles. The third kappa shape index (κ3) is 4.23. The lowest BCUT2D eigenvalue weighted by molar-refractivity contribution is 0.795. The highest BCUT2D eigenvalue weighted by atomic mass is 14.5. The van der Waals surface area contributed by atoms with Gasteiger partial charge in [0, 0.05) is 0 Å². The second kappa shape index (κ2) is 11.5. The van der Waals surface area contributed by atoms with Crippen LogP contribution in [-0.2, 0) is 5.41 Å². The first kappa shape index (κ1) is 30.4. The van der Waals surface area contributed by atoms with E-state index in [0.717, 1.165) is 0 Å². The Morgan fingerprint density at radius 3 is 1.18 bits per heavy atom. The van der Waals surface area contributed by atoms with Crippen molar-refractivity contribution in [2.75, 3.05) is 0 Å². The van der Waals surface area contributed by atoms with Gasteiger partial charge in [0.25, 0.3) is 0 Å². The van der Waals surface area contributed by atoms with Gasteiger partial charge in [-0.05, 0) is 141 Å². The van der Waals surface area contributed by atoms with E-state index >= 15 is 0 Å². The highest BCUT2D eigenvalue weighted by Gasteiger charge is 2.51. The van der Waals surface area contributed by atoms with Crippen LogP contribution in [0.5, 0.6) is 0 Å². The summed E-state index contributed by atoms with van der Waals surface area (Å²) in [4.78, 5) is 0. The maximum absolute atomic E-state index is 2.55. The number of hydrogen-bond acceptors (Lipinski definition) is 0. The SMILES string of the molecule is c1ccc(-c2cccc(-c3cccc(-c4ccc5c(c4)-c4cc6c7ccccc7c7ccccc7c6cc4C54c5ccccc5-c5ccccc54)c3)c2)cc1. The Morgan fingerprint density at radius 2 is 0.600 bits per heavy atom. The van der Waals surface area contributed by atoms with E-state index < -0.39 is 5.41 Å². The highest BCUT2D eigenvalue weighted by Crippen LogP contribution is 2.64. The Labute approximate surface area is 320 Å². The topological polar surface area (TPSA) is 0 Å². The van der Waals surface area contributed by atoms with Gasteiger partial charge in [0.15, 0.2) is 0 Å². The Balaban J connectivity index is 1.12. The van der Waals surface area contributed by atoms with Gasteiger partial charge in [-0.3, -0.25) is 0 Å². The zero-order valence-corrected chi connectivity index (χ0v) is 30.1. The second-order valence-electron chi connectivity index (χ2n) is 15.2. The van der Waals surface area contributed by atoms with E-state index in [0.29, 0.717) is 0 Å². The minimum atomic E-state index is -0.420. The summed E-state index contributed by atoms with van der Waals surface area (Å²) in [5, 5.41) is 7.83. The Bertz CT molecular complexity index is 3150. The molecule has 0 N–H and O–H groups in total. The lowest BCUT2D eigenvalue weighted by atomic mass is 9.70. The van der Waals surface area contributed by atoms with Gasteiger partial charge >= 0.3 is 0 Å². The summed E-state index contributed by atoms with van der Waals surface area (Å²) in [6, 6.07) is 77.1. The predicted molar refractivity (Wildman–Crippen MR) is 232 cm³/mol. The van der Waals surface area contributed by atoms with E-state index in [1.54, 1.807) is 0 Å². The van der Waals surface area contributed by atoms with Crippen LogP contribution in [0.3, 0.4) is 0 Å². The molecule has 10 aromatic carbocycles. The van der Waals surface area contributed by atoms with E-state index in [1.807, 2.05) is 0 Å². The van der Waals surface area contributed by atoms with Crippen LogP contribution in [0.15, 0.2) is 206 Å². The molecule has 0 unspecified atom stereocenters. The van der Waals surface area contributed by atoms with Gasteiger partial charge in [0.2, 0.25) is 0 Å². The Hall–Kier alpha value is -7.02. The molecule has 0 heteroatoms. The van der Waals surface area contributed by atoms with Gasteiger partial charge in [-0.25, -0.2) is 0 Å². The van der Waals surface area contributed by atoms with Crippen molar-refractivity contribution >= 4 is 32.3 Å². The zero-order chi connectivity index (χ0) is 36.1. The van der Waals surface area contributed by atoms with Crippen LogP contribution in [0.25, 0.3) is 88.0 Å². The zero-order valence-electron chi connectivity index (χ0n) is 30.1. The minimum absolute atomic E-state index is 0.420. The van der Waals surface area contributed by atoms with Crippen LogP contribution in [0, 0.1) is 0 Å². The molecule has 2 aliphatic rings. The summed E-state index contributed by atoms with van der Waals surface area (Å²) in [6.07, 6.45) is 0. The van der Waals surface area contributed by atoms with Crippen LogP contribution >= 0.6 is 0 Å². The Kier molecular flexibility index (Phi) is 6.36. The van der Waals surface area contributed by atoms with Crippen molar-refractivity contribution < 1.29 is 0 Å². The van der Waals surface area contributed by atoms with Crippen molar-refractivity contribution in [2.45, 2.75) is 5.41 Å². The molecule has 10 aromatic rings. The van der Waals surface area contributed by atoms with Crippen LogP contribution in [0.2, 0.25) is 0 Å². The van der Waals surface area contributed by atoms with Gasteiger partial charge in [0.05, 0.1) is 5.41 Å². The predicted octanol–water partition coefficient (Wildman–Crippen LogP) is 14.5. The lowest BCUT2D eigenvalue weighted by Gasteiger charge is -2.31. The molecule has 55 heavy (non-hydrogen) atoms. The summed E-state index contributed by atoms with van der Waals surface area (Å²) in [7, 11) is 0. The van der Waals surface area contributed by atoms with Gasteiger partial charge in [-0.2, -0.15) is 0 Å². The van der Waals surface area contributed by atoms with Crippen molar-refractivity contribution in [3.63, 3.8) is 0 Å². The smallest absolute Gasteiger partial charge is 0.0622 e. The molecule has 254 valence electrons. The molecule has 0 fully saturated rings. The number of fused-ring (bicyclic) bond motifs is 16. The first-order chi connectivity index (χ1) is 27.3. The van der Waals surface area contributed by atoms with Gasteiger partial charge in [0.1, 0.15) is 0 Å². The average Bonchev–Trinajstić information content (AvgIpc) is 3.73. The standard InChI is InChI=1S/C55H34/c1-2-14-35(15-3-1)36-16-12-17-37(30-36)38-18-13-19-39(31-38)40-28-29-53-49(32-40)50-33-47-43-22-6-4-20-41(43)42-21-5-7-23-44(42)48(47)34-54(50)55(53)51-26-10-8-24-45(51)46-25-9-11-27-52(46)55/h1-34H. The van der Waals surface area contributed by atoms with Gasteiger partial charge in [-0.1, -0.05) is 176 Å². The molecule has 0 atom stereocenters. The molecule has 12 rings (SSSR count). The van der Waals surface area contributed by atoms with Crippen molar-refractivity contribution in [2.24, 2.45) is 0 Å². The largest absolute Gasteiger partial charge is 0.0725 e. The molecular weight excluding hydrogens is 661 g/mol. The highest BCUT2D eigenvalue weighted by molar-refractivity contribution is 6.26. The maximum Gasteiger partial charge on any atom is 0.0725 e. The number of hydrogen-bond donors (Lipinski definition) is 0. The number of benzene rings is 10. The normalized spacial score (nSPS) is 13.2. The summed E-state index contributed by atoms with van der Waals surface area (Å²) in [5.41, 5.74) is 17.7. The summed E-state index contributed by atoms with van der Waals surface area (Å²) in [6.45, 7) is 0. The third-order valence-electron chi connectivity index (χ3n) is 12.5. The Morgan fingerprint density at radius 1 is 0.200 bits per heavy atom. The fraction of sp³-hybridized carbons (Fsp3) is 0.0182. The van der Waals surface area contributed by atoms with Crippen molar-refractivity contribution in [3.8, 4) is 55.6 Å². The molecule has 1 spiro atoms. The summed E-state index contributed by atoms with van der Waals surface area (Å²) in [5.74, 6) is 0. The van der Waals surface area contributed by atoms with Crippen molar-refractivity contribution in [3.05, 3.63) is 229 Å². The van der Waals surface area contributed by atoms with Crippen LogP contribution in [0.4, 0.5) is 0 Å². The maximum atomic E-state index is 2.55. The van der Waals surface area contributed by atoms with E-state index in [9.17, 15) is 0 Å². The molecule has 0 radical (unpaired) electrons. The van der Waals surface area contributed by atoms with Crippen molar-refractivity contribution in [1.29, 1.82) is 0 Å². The van der Waals surface area contributed by atoms with E-state index in [1.165, 1.54) is 110 Å². The van der Waals surface area contributed by atoms with Crippen LogP contribution in [0.1, 0.15) is 22.3 Å². The molecule has 0 amide bonds. The van der Waals surface area contributed by atoms with Gasteiger partial charge < -0.3 is 0 Å². The minimum Gasteiger partial charge on any atom is -0.0622 e. The quantitative estimate of drug-likeness (QED) is 0.162. The first-order valence-electron chi connectivity index (χ1n) is 19.3.